The average Bonchev–Trinajstić information content (AvgIpc) is 2.42. The summed E-state index contributed by atoms with van der Waals surface area (Å²) < 4.78 is 31.6. The highest BCUT2D eigenvalue weighted by molar-refractivity contribution is 5.40. The highest BCUT2D eigenvalue weighted by Crippen LogP contribution is 2.16. The van der Waals surface area contributed by atoms with Crippen LogP contribution in [0.25, 0.3) is 0 Å². The Labute approximate surface area is 116 Å². The van der Waals surface area contributed by atoms with E-state index < -0.39 is 11.6 Å². The molecule has 20 heavy (non-hydrogen) atoms. The molecule has 2 nitrogen and oxygen atoms in total. The van der Waals surface area contributed by atoms with Crippen molar-refractivity contribution in [2.45, 2.75) is 6.61 Å². The molecule has 0 spiro atoms. The molecular formula is C16H13F2NO. The third-order valence-corrected chi connectivity index (χ3v) is 2.50. The fourth-order valence-corrected chi connectivity index (χ4v) is 1.68. The maximum atomic E-state index is 13.0. The van der Waals surface area contributed by atoms with Gasteiger partial charge in [-0.15, -0.1) is 0 Å². The Hall–Kier alpha value is -2.38. The summed E-state index contributed by atoms with van der Waals surface area (Å²) in [6.07, 6.45) is 0. The van der Waals surface area contributed by atoms with Crippen LogP contribution >= 0.6 is 0 Å². The summed E-state index contributed by atoms with van der Waals surface area (Å²) in [6, 6.07) is 10.4. The summed E-state index contributed by atoms with van der Waals surface area (Å²) in [5, 5.41) is 0. The number of nitrogens with two attached hydrogens (primary N) is 1. The van der Waals surface area contributed by atoms with Crippen molar-refractivity contribution >= 4 is 0 Å². The van der Waals surface area contributed by atoms with Crippen LogP contribution < -0.4 is 10.5 Å². The van der Waals surface area contributed by atoms with E-state index in [4.69, 9.17) is 10.5 Å². The van der Waals surface area contributed by atoms with E-state index in [0.717, 1.165) is 11.6 Å². The standard InChI is InChI=1S/C16H13F2NO/c17-14-7-13(8-15(18)10-14)11-20-16-5-1-3-12(9-16)4-2-6-19/h1,3,5,7-10H,6,11,19H2. The molecule has 0 fully saturated rings. The maximum absolute atomic E-state index is 13.0. The fraction of sp³-hybridized carbons (Fsp3) is 0.125. The minimum absolute atomic E-state index is 0.0858. The van der Waals surface area contributed by atoms with Gasteiger partial charge in [0.2, 0.25) is 0 Å². The second-order valence-corrected chi connectivity index (χ2v) is 4.10. The van der Waals surface area contributed by atoms with Crippen molar-refractivity contribution in [1.82, 2.24) is 0 Å². The molecule has 0 radical (unpaired) electrons. The first-order valence-electron chi connectivity index (χ1n) is 6.04. The van der Waals surface area contributed by atoms with Gasteiger partial charge in [0.25, 0.3) is 0 Å². The molecule has 2 N–H and O–H groups in total. The van der Waals surface area contributed by atoms with Crippen molar-refractivity contribution in [3.8, 4) is 17.6 Å². The first-order chi connectivity index (χ1) is 9.67. The van der Waals surface area contributed by atoms with Gasteiger partial charge in [-0.1, -0.05) is 17.9 Å². The van der Waals surface area contributed by atoms with Crippen molar-refractivity contribution in [3.63, 3.8) is 0 Å². The largest absolute Gasteiger partial charge is 0.489 e. The SMILES string of the molecule is NCC#Cc1cccc(OCc2cc(F)cc(F)c2)c1. The molecule has 0 unspecified atom stereocenters. The van der Waals surface area contributed by atoms with Crippen LogP contribution in [-0.2, 0) is 6.61 Å². The van der Waals surface area contributed by atoms with E-state index in [0.29, 0.717) is 11.3 Å². The zero-order valence-corrected chi connectivity index (χ0v) is 10.7. The summed E-state index contributed by atoms with van der Waals surface area (Å²) in [5.74, 6) is 4.97. The van der Waals surface area contributed by atoms with Gasteiger partial charge >= 0.3 is 0 Å². The zero-order valence-electron chi connectivity index (χ0n) is 10.7. The summed E-state index contributed by atoms with van der Waals surface area (Å²) in [6.45, 7) is 0.371. The zero-order chi connectivity index (χ0) is 14.4. The van der Waals surface area contributed by atoms with Gasteiger partial charge in [-0.05, 0) is 35.9 Å². The molecule has 4 heteroatoms. The van der Waals surface area contributed by atoms with Gasteiger partial charge in [0.1, 0.15) is 24.0 Å². The minimum Gasteiger partial charge on any atom is -0.489 e. The smallest absolute Gasteiger partial charge is 0.126 e. The van der Waals surface area contributed by atoms with Crippen LogP contribution in [-0.4, -0.2) is 6.54 Å². The molecule has 0 amide bonds. The van der Waals surface area contributed by atoms with E-state index >= 15 is 0 Å². The van der Waals surface area contributed by atoms with E-state index in [2.05, 4.69) is 11.8 Å². The van der Waals surface area contributed by atoms with Crippen molar-refractivity contribution in [2.24, 2.45) is 5.73 Å². The molecule has 0 aliphatic rings. The number of ether oxygens (including phenoxy) is 1. The number of halogens is 2. The summed E-state index contributed by atoms with van der Waals surface area (Å²) in [7, 11) is 0. The topological polar surface area (TPSA) is 35.2 Å². The lowest BCUT2D eigenvalue weighted by molar-refractivity contribution is 0.304. The molecule has 2 rings (SSSR count). The molecule has 0 aliphatic carbocycles. The highest BCUT2D eigenvalue weighted by atomic mass is 19.1. The lowest BCUT2D eigenvalue weighted by Gasteiger charge is -2.07. The Kier molecular flexibility index (Phi) is 4.70. The Balaban J connectivity index is 2.07. The van der Waals surface area contributed by atoms with Crippen LogP contribution in [0.2, 0.25) is 0 Å². The molecule has 0 aromatic heterocycles. The van der Waals surface area contributed by atoms with E-state index in [1.165, 1.54) is 12.1 Å². The Morgan fingerprint density at radius 1 is 1.05 bits per heavy atom. The molecule has 2 aromatic rings. The molecule has 0 saturated carbocycles. The lowest BCUT2D eigenvalue weighted by Crippen LogP contribution is -1.97. The van der Waals surface area contributed by atoms with Crippen molar-refractivity contribution in [1.29, 1.82) is 0 Å². The van der Waals surface area contributed by atoms with Crippen LogP contribution in [0.3, 0.4) is 0 Å². The van der Waals surface area contributed by atoms with Gasteiger partial charge in [0.15, 0.2) is 0 Å². The van der Waals surface area contributed by atoms with Crippen LogP contribution in [0.4, 0.5) is 8.78 Å². The monoisotopic (exact) mass is 273 g/mol. The number of benzene rings is 2. The van der Waals surface area contributed by atoms with Gasteiger partial charge in [0, 0.05) is 11.6 Å². The van der Waals surface area contributed by atoms with Crippen molar-refractivity contribution in [2.75, 3.05) is 6.54 Å². The first kappa shape index (κ1) is 14.0. The molecule has 102 valence electrons. The molecular weight excluding hydrogens is 260 g/mol. The lowest BCUT2D eigenvalue weighted by atomic mass is 10.2. The number of hydrogen-bond donors (Lipinski definition) is 1. The third-order valence-electron chi connectivity index (χ3n) is 2.50. The van der Waals surface area contributed by atoms with Crippen LogP contribution in [0.1, 0.15) is 11.1 Å². The van der Waals surface area contributed by atoms with E-state index in [1.807, 2.05) is 6.07 Å². The minimum atomic E-state index is -0.619. The highest BCUT2D eigenvalue weighted by Gasteiger charge is 2.02. The summed E-state index contributed by atoms with van der Waals surface area (Å²) in [4.78, 5) is 0. The predicted octanol–water partition coefficient (Wildman–Crippen LogP) is 2.85. The van der Waals surface area contributed by atoms with Crippen LogP contribution in [0, 0.1) is 23.5 Å². The van der Waals surface area contributed by atoms with Crippen LogP contribution in [0.5, 0.6) is 5.75 Å². The predicted molar refractivity (Wildman–Crippen MR) is 73.1 cm³/mol. The van der Waals surface area contributed by atoms with Crippen molar-refractivity contribution < 1.29 is 13.5 Å². The Bertz CT molecular complexity index is 639. The third kappa shape index (κ3) is 4.08. The Morgan fingerprint density at radius 2 is 1.80 bits per heavy atom. The van der Waals surface area contributed by atoms with E-state index in [-0.39, 0.29) is 13.2 Å². The molecule has 0 heterocycles. The van der Waals surface area contributed by atoms with Gasteiger partial charge in [0.05, 0.1) is 6.54 Å². The number of rotatable bonds is 3. The molecule has 0 bridgehead atoms. The molecule has 0 saturated heterocycles. The van der Waals surface area contributed by atoms with Gasteiger partial charge in [-0.2, -0.15) is 0 Å². The van der Waals surface area contributed by atoms with Crippen LogP contribution in [0.15, 0.2) is 42.5 Å². The summed E-state index contributed by atoms with van der Waals surface area (Å²) in [5.41, 5.74) is 6.51. The normalized spacial score (nSPS) is 9.75. The second-order valence-electron chi connectivity index (χ2n) is 4.10. The van der Waals surface area contributed by atoms with E-state index in [1.54, 1.807) is 18.2 Å². The fourth-order valence-electron chi connectivity index (χ4n) is 1.68. The maximum Gasteiger partial charge on any atom is 0.126 e. The van der Waals surface area contributed by atoms with Gasteiger partial charge in [-0.3, -0.25) is 0 Å². The first-order valence-corrected chi connectivity index (χ1v) is 6.04. The summed E-state index contributed by atoms with van der Waals surface area (Å²) >= 11 is 0. The average molecular weight is 273 g/mol. The second kappa shape index (κ2) is 6.69. The number of hydrogen-bond acceptors (Lipinski definition) is 2. The molecule has 0 aliphatic heterocycles. The van der Waals surface area contributed by atoms with Gasteiger partial charge in [-0.25, -0.2) is 8.78 Å². The molecule has 2 aromatic carbocycles. The van der Waals surface area contributed by atoms with Gasteiger partial charge < -0.3 is 10.5 Å². The Morgan fingerprint density at radius 3 is 2.50 bits per heavy atom. The quantitative estimate of drug-likeness (QED) is 0.873. The molecule has 0 atom stereocenters. The van der Waals surface area contributed by atoms with Crippen molar-refractivity contribution in [3.05, 3.63) is 65.2 Å². The van der Waals surface area contributed by atoms with E-state index in [9.17, 15) is 8.78 Å².